The van der Waals surface area contributed by atoms with Crippen molar-refractivity contribution in [2.45, 2.75) is 6.61 Å². The minimum absolute atomic E-state index is 0.0526. The van der Waals surface area contributed by atoms with Crippen LogP contribution in [0, 0.1) is 15.9 Å². The van der Waals surface area contributed by atoms with E-state index >= 15 is 0 Å². The normalized spacial score (nSPS) is 11.0. The number of aliphatic hydroxyl groups excluding tert-OH is 1. The molecule has 3 rings (SSSR count). The van der Waals surface area contributed by atoms with Crippen LogP contribution in [0.25, 0.3) is 10.9 Å². The van der Waals surface area contributed by atoms with Crippen molar-refractivity contribution in [2.24, 2.45) is 0 Å². The van der Waals surface area contributed by atoms with Crippen molar-refractivity contribution in [1.82, 2.24) is 4.57 Å². The van der Waals surface area contributed by atoms with Gasteiger partial charge in [-0.15, -0.1) is 0 Å². The number of rotatable bonds is 3. The third-order valence-corrected chi connectivity index (χ3v) is 3.95. The van der Waals surface area contributed by atoms with E-state index < -0.39 is 16.6 Å². The second-order valence-corrected chi connectivity index (χ2v) is 5.48. The summed E-state index contributed by atoms with van der Waals surface area (Å²) in [5.74, 6) is -1.05. The van der Waals surface area contributed by atoms with Gasteiger partial charge >= 0.3 is 0 Å². The summed E-state index contributed by atoms with van der Waals surface area (Å²) in [6, 6.07) is 7.54. The molecule has 0 fully saturated rings. The Morgan fingerprint density at radius 2 is 2.04 bits per heavy atom. The van der Waals surface area contributed by atoms with E-state index in [-0.39, 0.29) is 22.9 Å². The van der Waals surface area contributed by atoms with Crippen LogP contribution in [0.1, 0.15) is 15.9 Å². The van der Waals surface area contributed by atoms with Gasteiger partial charge in [0.25, 0.3) is 11.6 Å². The quantitative estimate of drug-likeness (QED) is 0.579. The number of nitro benzene ring substituents is 1. The molecule has 24 heavy (non-hydrogen) atoms. The fourth-order valence-electron chi connectivity index (χ4n) is 2.49. The van der Waals surface area contributed by atoms with Gasteiger partial charge in [-0.2, -0.15) is 0 Å². The highest BCUT2D eigenvalue weighted by Crippen LogP contribution is 2.27. The first-order valence-electron chi connectivity index (χ1n) is 6.81. The molecule has 122 valence electrons. The summed E-state index contributed by atoms with van der Waals surface area (Å²) in [5, 5.41) is 20.7. The van der Waals surface area contributed by atoms with Gasteiger partial charge in [-0.05, 0) is 30.3 Å². The minimum Gasteiger partial charge on any atom is -0.392 e. The number of nitro groups is 1. The van der Waals surface area contributed by atoms with Gasteiger partial charge in [0.2, 0.25) is 0 Å². The van der Waals surface area contributed by atoms with Crippen molar-refractivity contribution in [3.05, 3.63) is 74.7 Å². The maximum atomic E-state index is 13.4. The predicted octanol–water partition coefficient (Wildman–Crippen LogP) is 3.52. The van der Waals surface area contributed by atoms with E-state index in [1.54, 1.807) is 0 Å². The molecule has 3 aromatic rings. The van der Waals surface area contributed by atoms with Crippen LogP contribution >= 0.6 is 11.6 Å². The molecule has 0 spiro atoms. The van der Waals surface area contributed by atoms with Gasteiger partial charge in [-0.3, -0.25) is 19.5 Å². The zero-order valence-corrected chi connectivity index (χ0v) is 12.8. The molecule has 1 aromatic heterocycles. The molecule has 2 aromatic carbocycles. The summed E-state index contributed by atoms with van der Waals surface area (Å²) >= 11 is 5.75. The molecule has 0 radical (unpaired) electrons. The van der Waals surface area contributed by atoms with E-state index in [2.05, 4.69) is 0 Å². The van der Waals surface area contributed by atoms with Gasteiger partial charge in [0.1, 0.15) is 10.8 Å². The third-order valence-electron chi connectivity index (χ3n) is 3.63. The lowest BCUT2D eigenvalue weighted by Gasteiger charge is -2.05. The Balaban J connectivity index is 2.16. The number of carbonyl (C=O) groups is 1. The molecular formula is C16H10ClFN2O4. The summed E-state index contributed by atoms with van der Waals surface area (Å²) in [5.41, 5.74) is 0.439. The van der Waals surface area contributed by atoms with E-state index in [1.807, 2.05) is 0 Å². The smallest absolute Gasteiger partial charge is 0.288 e. The number of benzene rings is 2. The van der Waals surface area contributed by atoms with Crippen LogP contribution in [0.4, 0.5) is 10.1 Å². The highest BCUT2D eigenvalue weighted by Gasteiger charge is 2.20. The molecule has 0 saturated carbocycles. The lowest BCUT2D eigenvalue weighted by atomic mass is 10.1. The average Bonchev–Trinajstić information content (AvgIpc) is 2.92. The Hall–Kier alpha value is -2.77. The van der Waals surface area contributed by atoms with Crippen LogP contribution in [-0.4, -0.2) is 20.5 Å². The maximum absolute atomic E-state index is 13.4. The second kappa shape index (κ2) is 6.03. The number of hydrogen-bond donors (Lipinski definition) is 1. The molecule has 0 aliphatic carbocycles. The largest absolute Gasteiger partial charge is 0.392 e. The van der Waals surface area contributed by atoms with Crippen LogP contribution in [0.2, 0.25) is 5.02 Å². The fraction of sp³-hybridized carbons (Fsp3) is 0.0625. The number of nitrogens with zero attached hydrogens (tertiary/aromatic N) is 2. The van der Waals surface area contributed by atoms with Gasteiger partial charge in [-0.1, -0.05) is 11.6 Å². The Labute approximate surface area is 139 Å². The van der Waals surface area contributed by atoms with Crippen LogP contribution in [0.5, 0.6) is 0 Å². The highest BCUT2D eigenvalue weighted by atomic mass is 35.5. The van der Waals surface area contributed by atoms with E-state index in [9.17, 15) is 24.4 Å². The molecule has 0 amide bonds. The minimum atomic E-state index is -0.679. The van der Waals surface area contributed by atoms with E-state index in [0.717, 1.165) is 6.07 Å². The summed E-state index contributed by atoms with van der Waals surface area (Å²) < 4.78 is 14.6. The number of aliphatic hydroxyl groups is 1. The summed E-state index contributed by atoms with van der Waals surface area (Å²) in [6.45, 7) is -0.374. The van der Waals surface area contributed by atoms with Crippen LogP contribution < -0.4 is 0 Å². The van der Waals surface area contributed by atoms with E-state index in [0.29, 0.717) is 16.5 Å². The van der Waals surface area contributed by atoms with Gasteiger partial charge in [0.15, 0.2) is 0 Å². The molecule has 0 bridgehead atoms. The van der Waals surface area contributed by atoms with Gasteiger partial charge in [-0.25, -0.2) is 4.39 Å². The first-order chi connectivity index (χ1) is 11.4. The van der Waals surface area contributed by atoms with Crippen LogP contribution in [0.3, 0.4) is 0 Å². The number of carbonyl (C=O) groups excluding carboxylic acids is 1. The first kappa shape index (κ1) is 16.1. The van der Waals surface area contributed by atoms with Crippen LogP contribution in [0.15, 0.2) is 42.6 Å². The lowest BCUT2D eigenvalue weighted by molar-refractivity contribution is -0.384. The van der Waals surface area contributed by atoms with Crippen molar-refractivity contribution >= 4 is 34.1 Å². The number of fused-ring (bicyclic) bond motifs is 1. The molecule has 6 nitrogen and oxygen atoms in total. The highest BCUT2D eigenvalue weighted by molar-refractivity contribution is 6.32. The van der Waals surface area contributed by atoms with E-state index in [1.165, 1.54) is 41.1 Å². The zero-order valence-electron chi connectivity index (χ0n) is 12.1. The molecule has 0 aliphatic heterocycles. The molecule has 0 aliphatic rings. The lowest BCUT2D eigenvalue weighted by Crippen LogP contribution is -2.11. The Kier molecular flexibility index (Phi) is 4.04. The topological polar surface area (TPSA) is 85.4 Å². The van der Waals surface area contributed by atoms with Crippen LogP contribution in [-0.2, 0) is 6.61 Å². The Bertz CT molecular complexity index is 984. The standard InChI is InChI=1S/C16H10ClFN2O4/c17-13-3-1-9(5-15(13)20(23)24)16(22)19-7-10(8-21)12-6-11(18)2-4-14(12)19/h1-7,21H,8H2. The van der Waals surface area contributed by atoms with Gasteiger partial charge in [0.05, 0.1) is 17.0 Å². The number of aromatic nitrogens is 1. The SMILES string of the molecule is O=C(c1ccc(Cl)c([N+](=O)[O-])c1)n1cc(CO)c2cc(F)ccc21. The van der Waals surface area contributed by atoms with Gasteiger partial charge in [0, 0.05) is 28.8 Å². The van der Waals surface area contributed by atoms with Crippen molar-refractivity contribution in [2.75, 3.05) is 0 Å². The monoisotopic (exact) mass is 348 g/mol. The molecular weight excluding hydrogens is 339 g/mol. The van der Waals surface area contributed by atoms with Crippen molar-refractivity contribution in [3.8, 4) is 0 Å². The fourth-order valence-corrected chi connectivity index (χ4v) is 2.68. The van der Waals surface area contributed by atoms with Crippen molar-refractivity contribution < 1.29 is 19.2 Å². The van der Waals surface area contributed by atoms with Gasteiger partial charge < -0.3 is 5.11 Å². The number of hydrogen-bond acceptors (Lipinski definition) is 4. The van der Waals surface area contributed by atoms with Crippen molar-refractivity contribution in [3.63, 3.8) is 0 Å². The zero-order chi connectivity index (χ0) is 17.4. The molecule has 0 unspecified atom stereocenters. The predicted molar refractivity (Wildman–Crippen MR) is 85.7 cm³/mol. The Morgan fingerprint density at radius 1 is 1.29 bits per heavy atom. The second-order valence-electron chi connectivity index (χ2n) is 5.07. The molecule has 1 heterocycles. The number of halogens is 2. The van der Waals surface area contributed by atoms with E-state index in [4.69, 9.17) is 11.6 Å². The Morgan fingerprint density at radius 3 is 2.71 bits per heavy atom. The summed E-state index contributed by atoms with van der Waals surface area (Å²) in [7, 11) is 0. The molecule has 0 saturated heterocycles. The molecule has 1 N–H and O–H groups in total. The van der Waals surface area contributed by atoms with Crippen molar-refractivity contribution in [1.29, 1.82) is 0 Å². The molecule has 0 atom stereocenters. The first-order valence-corrected chi connectivity index (χ1v) is 7.19. The summed E-state index contributed by atoms with van der Waals surface area (Å²) in [6.07, 6.45) is 1.38. The average molecular weight is 349 g/mol. The maximum Gasteiger partial charge on any atom is 0.288 e. The third kappa shape index (κ3) is 2.64. The summed E-state index contributed by atoms with van der Waals surface area (Å²) in [4.78, 5) is 23.0. The molecule has 8 heteroatoms.